The Labute approximate surface area is 107 Å². The zero-order valence-electron chi connectivity index (χ0n) is 10.4. The first kappa shape index (κ1) is 13.3. The van der Waals surface area contributed by atoms with Crippen molar-refractivity contribution < 1.29 is 8.42 Å². The zero-order valence-corrected chi connectivity index (χ0v) is 11.2. The van der Waals surface area contributed by atoms with Crippen molar-refractivity contribution in [1.82, 2.24) is 9.29 Å². The molecule has 18 heavy (non-hydrogen) atoms. The molecule has 0 aliphatic heterocycles. The molecule has 1 N–H and O–H groups in total. The van der Waals surface area contributed by atoms with Crippen molar-refractivity contribution in [3.05, 3.63) is 28.7 Å². The first-order valence-electron chi connectivity index (χ1n) is 6.23. The summed E-state index contributed by atoms with van der Waals surface area (Å²) in [6.07, 6.45) is 5.62. The Balaban J connectivity index is 2.32. The molecule has 2 rings (SSSR count). The van der Waals surface area contributed by atoms with E-state index in [1.165, 1.54) is 22.8 Å². The third kappa shape index (κ3) is 2.81. The van der Waals surface area contributed by atoms with Gasteiger partial charge in [-0.05, 0) is 25.2 Å². The molecule has 0 unspecified atom stereocenters. The van der Waals surface area contributed by atoms with E-state index in [4.69, 9.17) is 0 Å². The van der Waals surface area contributed by atoms with Crippen LogP contribution in [-0.2, 0) is 10.0 Å². The molecule has 6 heteroatoms. The molecule has 1 fully saturated rings. The van der Waals surface area contributed by atoms with E-state index in [0.29, 0.717) is 19.0 Å². The standard InChI is InChI=1S/C12H18N2O3S/c1-2-7-14(9-10-3-4-10)18(16,17)12-8-13-6-5-11(12)15/h5-6,8,10H,2-4,7,9H2,1H3,(H,13,15). The molecule has 1 aliphatic carbocycles. The van der Waals surface area contributed by atoms with E-state index >= 15 is 0 Å². The summed E-state index contributed by atoms with van der Waals surface area (Å²) < 4.78 is 26.3. The number of hydrogen-bond acceptors (Lipinski definition) is 3. The van der Waals surface area contributed by atoms with Gasteiger partial charge in [0.1, 0.15) is 4.90 Å². The maximum Gasteiger partial charge on any atom is 0.248 e. The molecule has 0 amide bonds. The summed E-state index contributed by atoms with van der Waals surface area (Å²) in [5.74, 6) is 0.467. The van der Waals surface area contributed by atoms with Crippen LogP contribution in [0.3, 0.4) is 0 Å². The third-order valence-corrected chi connectivity index (χ3v) is 4.92. The molecule has 5 nitrogen and oxygen atoms in total. The number of aromatic amines is 1. The third-order valence-electron chi connectivity index (χ3n) is 3.04. The Morgan fingerprint density at radius 3 is 2.72 bits per heavy atom. The highest BCUT2D eigenvalue weighted by Gasteiger charge is 2.32. The molecule has 1 aromatic rings. The van der Waals surface area contributed by atoms with E-state index in [2.05, 4.69) is 4.98 Å². The predicted molar refractivity (Wildman–Crippen MR) is 68.8 cm³/mol. The maximum absolute atomic E-state index is 12.4. The van der Waals surface area contributed by atoms with E-state index < -0.39 is 15.5 Å². The van der Waals surface area contributed by atoms with E-state index in [9.17, 15) is 13.2 Å². The molecule has 0 aromatic carbocycles. The van der Waals surface area contributed by atoms with Crippen molar-refractivity contribution in [3.63, 3.8) is 0 Å². The van der Waals surface area contributed by atoms with Crippen LogP contribution in [0.2, 0.25) is 0 Å². The zero-order chi connectivity index (χ0) is 13.2. The first-order valence-corrected chi connectivity index (χ1v) is 7.67. The van der Waals surface area contributed by atoms with Crippen LogP contribution < -0.4 is 5.43 Å². The fourth-order valence-corrected chi connectivity index (χ4v) is 3.54. The van der Waals surface area contributed by atoms with Crippen LogP contribution in [-0.4, -0.2) is 30.8 Å². The van der Waals surface area contributed by atoms with Crippen LogP contribution >= 0.6 is 0 Å². The van der Waals surface area contributed by atoms with Crippen LogP contribution in [0.25, 0.3) is 0 Å². The summed E-state index contributed by atoms with van der Waals surface area (Å²) in [4.78, 5) is 14.2. The summed E-state index contributed by atoms with van der Waals surface area (Å²) in [5.41, 5.74) is -0.453. The number of nitrogens with one attached hydrogen (secondary N) is 1. The van der Waals surface area contributed by atoms with E-state index in [1.54, 1.807) is 0 Å². The Kier molecular flexibility index (Phi) is 3.87. The number of H-pyrrole nitrogens is 1. The normalized spacial score (nSPS) is 16.1. The summed E-state index contributed by atoms with van der Waals surface area (Å²) in [5, 5.41) is 0. The average Bonchev–Trinajstić information content (AvgIpc) is 3.13. The van der Waals surface area contributed by atoms with Gasteiger partial charge < -0.3 is 4.98 Å². The monoisotopic (exact) mass is 270 g/mol. The fourth-order valence-electron chi connectivity index (χ4n) is 1.89. The highest BCUT2D eigenvalue weighted by atomic mass is 32.2. The first-order chi connectivity index (χ1) is 8.55. The molecule has 1 aromatic heterocycles. The summed E-state index contributed by atoms with van der Waals surface area (Å²) in [6, 6.07) is 1.24. The second-order valence-corrected chi connectivity index (χ2v) is 6.59. The lowest BCUT2D eigenvalue weighted by molar-refractivity contribution is 0.395. The van der Waals surface area contributed by atoms with Gasteiger partial charge in [0, 0.05) is 31.5 Å². The quantitative estimate of drug-likeness (QED) is 0.844. The molecular formula is C12H18N2O3S. The minimum absolute atomic E-state index is 0.154. The van der Waals surface area contributed by atoms with Crippen LogP contribution in [0.1, 0.15) is 26.2 Å². The molecule has 0 spiro atoms. The fraction of sp³-hybridized carbons (Fsp3) is 0.583. The lowest BCUT2D eigenvalue weighted by Gasteiger charge is -2.20. The molecule has 0 atom stereocenters. The van der Waals surface area contributed by atoms with Gasteiger partial charge in [-0.25, -0.2) is 8.42 Å². The van der Waals surface area contributed by atoms with Gasteiger partial charge in [0.25, 0.3) is 0 Å². The largest absolute Gasteiger partial charge is 0.366 e. The smallest absolute Gasteiger partial charge is 0.248 e. The Bertz CT molecular complexity index is 561. The minimum Gasteiger partial charge on any atom is -0.366 e. The number of sulfonamides is 1. The number of hydrogen-bond donors (Lipinski definition) is 1. The Hall–Kier alpha value is -1.14. The van der Waals surface area contributed by atoms with E-state index in [1.807, 2.05) is 6.92 Å². The summed E-state index contributed by atoms with van der Waals surface area (Å²) in [6.45, 7) is 2.93. The predicted octanol–water partition coefficient (Wildman–Crippen LogP) is 1.19. The lowest BCUT2D eigenvalue weighted by Crippen LogP contribution is -2.36. The van der Waals surface area contributed by atoms with Crippen molar-refractivity contribution >= 4 is 10.0 Å². The number of aromatic nitrogens is 1. The Morgan fingerprint density at radius 2 is 2.17 bits per heavy atom. The van der Waals surface area contributed by atoms with Crippen LogP contribution in [0, 0.1) is 5.92 Å². The van der Waals surface area contributed by atoms with Gasteiger partial charge in [0.2, 0.25) is 15.5 Å². The molecule has 0 bridgehead atoms. The van der Waals surface area contributed by atoms with E-state index in [0.717, 1.165) is 19.3 Å². The van der Waals surface area contributed by atoms with Gasteiger partial charge in [0.15, 0.2) is 0 Å². The maximum atomic E-state index is 12.4. The molecule has 1 aliphatic rings. The van der Waals surface area contributed by atoms with Gasteiger partial charge in [0.05, 0.1) is 0 Å². The SMILES string of the molecule is CCCN(CC1CC1)S(=O)(=O)c1c[nH]ccc1=O. The van der Waals surface area contributed by atoms with Gasteiger partial charge >= 0.3 is 0 Å². The second-order valence-electron chi connectivity index (χ2n) is 4.68. The Morgan fingerprint density at radius 1 is 1.44 bits per heavy atom. The van der Waals surface area contributed by atoms with E-state index in [-0.39, 0.29) is 4.90 Å². The van der Waals surface area contributed by atoms with Crippen molar-refractivity contribution in [3.8, 4) is 0 Å². The lowest BCUT2D eigenvalue weighted by atomic mass is 10.4. The van der Waals surface area contributed by atoms with Gasteiger partial charge in [-0.3, -0.25) is 4.79 Å². The molecule has 1 heterocycles. The van der Waals surface area contributed by atoms with Crippen molar-refractivity contribution in [1.29, 1.82) is 0 Å². The molecule has 0 saturated heterocycles. The number of nitrogens with zero attached hydrogens (tertiary/aromatic N) is 1. The average molecular weight is 270 g/mol. The van der Waals surface area contributed by atoms with Gasteiger partial charge in [-0.15, -0.1) is 0 Å². The number of pyridine rings is 1. The highest BCUT2D eigenvalue weighted by molar-refractivity contribution is 7.89. The van der Waals surface area contributed by atoms with Crippen LogP contribution in [0.5, 0.6) is 0 Å². The topological polar surface area (TPSA) is 70.2 Å². The minimum atomic E-state index is -3.66. The van der Waals surface area contributed by atoms with Crippen molar-refractivity contribution in [2.75, 3.05) is 13.1 Å². The second kappa shape index (κ2) is 5.24. The number of rotatable bonds is 6. The summed E-state index contributed by atoms with van der Waals surface area (Å²) in [7, 11) is -3.66. The van der Waals surface area contributed by atoms with Gasteiger partial charge in [-0.2, -0.15) is 4.31 Å². The van der Waals surface area contributed by atoms with Crippen LogP contribution in [0.4, 0.5) is 0 Å². The molecular weight excluding hydrogens is 252 g/mol. The highest BCUT2D eigenvalue weighted by Crippen LogP contribution is 2.31. The van der Waals surface area contributed by atoms with Crippen LogP contribution in [0.15, 0.2) is 28.2 Å². The molecule has 1 saturated carbocycles. The molecule has 0 radical (unpaired) electrons. The van der Waals surface area contributed by atoms with Gasteiger partial charge in [-0.1, -0.05) is 6.92 Å². The summed E-state index contributed by atoms with van der Waals surface area (Å²) >= 11 is 0. The van der Waals surface area contributed by atoms with Crippen molar-refractivity contribution in [2.45, 2.75) is 31.1 Å². The molecule has 100 valence electrons. The van der Waals surface area contributed by atoms with Crippen molar-refractivity contribution in [2.24, 2.45) is 5.92 Å².